The summed E-state index contributed by atoms with van der Waals surface area (Å²) in [7, 11) is 3.06. The summed E-state index contributed by atoms with van der Waals surface area (Å²) in [5, 5.41) is 3.09. The van der Waals surface area contributed by atoms with Crippen LogP contribution in [-0.2, 0) is 9.59 Å². The third kappa shape index (κ3) is 3.42. The fraction of sp³-hybridized carbons (Fsp3) is 0.143. The normalized spacial score (nSPS) is 13.8. The average molecular weight is 364 g/mol. The number of para-hydroxylation sites is 1. The molecule has 27 heavy (non-hydrogen) atoms. The Hall–Kier alpha value is -3.54. The topological polar surface area (TPSA) is 67.9 Å². The zero-order chi connectivity index (χ0) is 19.4. The van der Waals surface area contributed by atoms with Crippen molar-refractivity contribution in [2.45, 2.75) is 0 Å². The monoisotopic (exact) mass is 364 g/mol. The smallest absolute Gasteiger partial charge is 0.278 e. The van der Waals surface area contributed by atoms with Crippen molar-refractivity contribution in [1.82, 2.24) is 4.90 Å². The first-order valence-electron chi connectivity index (χ1n) is 8.36. The van der Waals surface area contributed by atoms with Crippen LogP contribution in [0, 0.1) is 0 Å². The Labute approximate surface area is 157 Å². The molecule has 0 spiro atoms. The number of carbonyl (C=O) groups is 2. The van der Waals surface area contributed by atoms with E-state index in [0.29, 0.717) is 22.7 Å². The molecule has 138 valence electrons. The standard InChI is InChI=1S/C21H20N2O4/c1-4-12-23-20(24)18(14-10-11-16(26-2)17(13-14)27-3)19(21(23)25)22-15-8-6-5-7-9-15/h4-11,13,22H,1,12H2,2-3H3. The lowest BCUT2D eigenvalue weighted by molar-refractivity contribution is -0.136. The van der Waals surface area contributed by atoms with Crippen molar-refractivity contribution in [1.29, 1.82) is 0 Å². The molecule has 0 saturated heterocycles. The molecule has 0 aliphatic carbocycles. The van der Waals surface area contributed by atoms with Crippen molar-refractivity contribution in [3.8, 4) is 11.5 Å². The van der Waals surface area contributed by atoms with Gasteiger partial charge in [0.1, 0.15) is 5.70 Å². The van der Waals surface area contributed by atoms with E-state index < -0.39 is 5.91 Å². The van der Waals surface area contributed by atoms with E-state index in [0.717, 1.165) is 4.90 Å². The second-order valence-corrected chi connectivity index (χ2v) is 5.82. The molecule has 2 amide bonds. The van der Waals surface area contributed by atoms with Crippen molar-refractivity contribution in [3.63, 3.8) is 0 Å². The van der Waals surface area contributed by atoms with Crippen LogP contribution in [-0.4, -0.2) is 37.5 Å². The van der Waals surface area contributed by atoms with E-state index >= 15 is 0 Å². The van der Waals surface area contributed by atoms with E-state index in [1.807, 2.05) is 30.3 Å². The molecule has 0 atom stereocenters. The first-order chi connectivity index (χ1) is 13.1. The largest absolute Gasteiger partial charge is 0.493 e. The van der Waals surface area contributed by atoms with Crippen LogP contribution in [0.25, 0.3) is 5.57 Å². The SMILES string of the molecule is C=CCN1C(=O)C(Nc2ccccc2)=C(c2ccc(OC)c(OC)c2)C1=O. The van der Waals surface area contributed by atoms with Crippen LogP contribution in [0.3, 0.4) is 0 Å². The van der Waals surface area contributed by atoms with Gasteiger partial charge in [0, 0.05) is 12.2 Å². The number of nitrogens with zero attached hydrogens (tertiary/aromatic N) is 1. The molecule has 0 aromatic heterocycles. The molecule has 0 radical (unpaired) electrons. The number of anilines is 1. The summed E-state index contributed by atoms with van der Waals surface area (Å²) in [6.07, 6.45) is 1.52. The maximum absolute atomic E-state index is 12.9. The van der Waals surface area contributed by atoms with Gasteiger partial charge in [-0.1, -0.05) is 30.3 Å². The minimum atomic E-state index is -0.395. The number of amides is 2. The number of rotatable bonds is 7. The number of benzene rings is 2. The molecule has 1 heterocycles. The summed E-state index contributed by atoms with van der Waals surface area (Å²) in [6, 6.07) is 14.3. The Kier molecular flexibility index (Phi) is 5.26. The fourth-order valence-electron chi connectivity index (χ4n) is 2.91. The number of hydrogen-bond donors (Lipinski definition) is 1. The molecule has 6 nitrogen and oxygen atoms in total. The van der Waals surface area contributed by atoms with Gasteiger partial charge in [0.25, 0.3) is 11.8 Å². The summed E-state index contributed by atoms with van der Waals surface area (Å²) in [5.41, 5.74) is 1.79. The minimum absolute atomic E-state index is 0.133. The molecule has 2 aromatic rings. The average Bonchev–Trinajstić information content (AvgIpc) is 2.93. The van der Waals surface area contributed by atoms with E-state index in [9.17, 15) is 9.59 Å². The molecular formula is C21H20N2O4. The Morgan fingerprint density at radius 1 is 1.00 bits per heavy atom. The molecule has 3 rings (SSSR count). The highest BCUT2D eigenvalue weighted by atomic mass is 16.5. The van der Waals surface area contributed by atoms with Crippen molar-refractivity contribution >= 4 is 23.1 Å². The van der Waals surface area contributed by atoms with E-state index in [1.165, 1.54) is 20.3 Å². The van der Waals surface area contributed by atoms with E-state index in [2.05, 4.69) is 11.9 Å². The second-order valence-electron chi connectivity index (χ2n) is 5.82. The number of ether oxygens (including phenoxy) is 2. The first-order valence-corrected chi connectivity index (χ1v) is 8.36. The lowest BCUT2D eigenvalue weighted by Crippen LogP contribution is -2.32. The number of carbonyl (C=O) groups excluding carboxylic acids is 2. The Bertz CT molecular complexity index is 919. The molecule has 0 saturated carbocycles. The van der Waals surface area contributed by atoms with E-state index in [-0.39, 0.29) is 23.7 Å². The van der Waals surface area contributed by atoms with Crippen molar-refractivity contribution < 1.29 is 19.1 Å². The summed E-state index contributed by atoms with van der Waals surface area (Å²) < 4.78 is 10.6. The maximum atomic E-state index is 12.9. The Morgan fingerprint density at radius 2 is 1.70 bits per heavy atom. The van der Waals surface area contributed by atoms with Gasteiger partial charge in [-0.05, 0) is 29.8 Å². The highest BCUT2D eigenvalue weighted by molar-refractivity contribution is 6.36. The minimum Gasteiger partial charge on any atom is -0.493 e. The molecule has 0 bridgehead atoms. The molecule has 1 aliphatic heterocycles. The zero-order valence-electron chi connectivity index (χ0n) is 15.2. The highest BCUT2D eigenvalue weighted by Crippen LogP contribution is 2.35. The van der Waals surface area contributed by atoms with Gasteiger partial charge in [0.2, 0.25) is 0 Å². The summed E-state index contributed by atoms with van der Waals surface area (Å²) in [6.45, 7) is 3.76. The van der Waals surface area contributed by atoms with E-state index in [1.54, 1.807) is 18.2 Å². The summed E-state index contributed by atoms with van der Waals surface area (Å²) in [4.78, 5) is 27.0. The van der Waals surface area contributed by atoms with Crippen LogP contribution in [0.15, 0.2) is 66.9 Å². The number of imide groups is 1. The first kappa shape index (κ1) is 18.3. The Morgan fingerprint density at radius 3 is 2.33 bits per heavy atom. The lowest BCUT2D eigenvalue weighted by atomic mass is 10.0. The van der Waals surface area contributed by atoms with Crippen LogP contribution in [0.1, 0.15) is 5.56 Å². The van der Waals surface area contributed by atoms with Crippen molar-refractivity contribution in [2.75, 3.05) is 26.1 Å². The third-order valence-corrected chi connectivity index (χ3v) is 4.20. The van der Waals surface area contributed by atoms with Crippen LogP contribution in [0.2, 0.25) is 0 Å². The van der Waals surface area contributed by atoms with E-state index in [4.69, 9.17) is 9.47 Å². The van der Waals surface area contributed by atoms with Crippen molar-refractivity contribution in [3.05, 3.63) is 72.4 Å². The molecule has 2 aromatic carbocycles. The molecule has 1 N–H and O–H groups in total. The van der Waals surface area contributed by atoms with Gasteiger partial charge < -0.3 is 14.8 Å². The molecule has 0 fully saturated rings. The van der Waals surface area contributed by atoms with Gasteiger partial charge in [-0.3, -0.25) is 14.5 Å². The van der Waals surface area contributed by atoms with Crippen LogP contribution in [0.4, 0.5) is 5.69 Å². The van der Waals surface area contributed by atoms with Crippen molar-refractivity contribution in [2.24, 2.45) is 0 Å². The summed E-state index contributed by atoms with van der Waals surface area (Å²) >= 11 is 0. The molecule has 1 aliphatic rings. The van der Waals surface area contributed by atoms with Gasteiger partial charge in [-0.25, -0.2) is 0 Å². The van der Waals surface area contributed by atoms with Crippen LogP contribution < -0.4 is 14.8 Å². The molecule has 6 heteroatoms. The second kappa shape index (κ2) is 7.78. The number of nitrogens with one attached hydrogen (secondary N) is 1. The third-order valence-electron chi connectivity index (χ3n) is 4.20. The molecular weight excluding hydrogens is 344 g/mol. The fourth-order valence-corrected chi connectivity index (χ4v) is 2.91. The predicted molar refractivity (Wildman–Crippen MR) is 103 cm³/mol. The lowest BCUT2D eigenvalue weighted by Gasteiger charge is -2.12. The zero-order valence-corrected chi connectivity index (χ0v) is 15.2. The Balaban J connectivity index is 2.12. The van der Waals surface area contributed by atoms with Gasteiger partial charge >= 0.3 is 0 Å². The maximum Gasteiger partial charge on any atom is 0.278 e. The van der Waals surface area contributed by atoms with Gasteiger partial charge in [0.05, 0.1) is 19.8 Å². The van der Waals surface area contributed by atoms with Crippen LogP contribution in [0.5, 0.6) is 11.5 Å². The highest BCUT2D eigenvalue weighted by Gasteiger charge is 2.38. The predicted octanol–water partition coefficient (Wildman–Crippen LogP) is 3.08. The van der Waals surface area contributed by atoms with Gasteiger partial charge in [-0.2, -0.15) is 0 Å². The summed E-state index contributed by atoms with van der Waals surface area (Å²) in [5.74, 6) is 0.238. The van der Waals surface area contributed by atoms with Gasteiger partial charge in [-0.15, -0.1) is 6.58 Å². The number of hydrogen-bond acceptors (Lipinski definition) is 5. The van der Waals surface area contributed by atoms with Crippen LogP contribution >= 0.6 is 0 Å². The van der Waals surface area contributed by atoms with Gasteiger partial charge in [0.15, 0.2) is 11.5 Å². The quantitative estimate of drug-likeness (QED) is 0.604. The molecule has 0 unspecified atom stereocenters. The number of methoxy groups -OCH3 is 2.